The quantitative estimate of drug-likeness (QED) is 0.610. The lowest BCUT2D eigenvalue weighted by molar-refractivity contribution is -0.0512. The van der Waals surface area contributed by atoms with Crippen LogP contribution in [0.15, 0.2) is 42.5 Å². The molecular formula is C17H13ClF2O4. The first-order valence-electron chi connectivity index (χ1n) is 6.74. The minimum Gasteiger partial charge on any atom is -0.506 e. The molecule has 0 aliphatic rings. The van der Waals surface area contributed by atoms with Crippen molar-refractivity contribution >= 4 is 23.5 Å². The van der Waals surface area contributed by atoms with Crippen molar-refractivity contribution in [3.05, 3.63) is 58.6 Å². The minimum absolute atomic E-state index is 0.0298. The van der Waals surface area contributed by atoms with Gasteiger partial charge in [-0.1, -0.05) is 23.7 Å². The monoisotopic (exact) mass is 354 g/mol. The number of phenolic OH excluding ortho intramolecular Hbond substituents is 1. The summed E-state index contributed by atoms with van der Waals surface area (Å²) in [5.41, 5.74) is 0.866. The molecule has 126 valence electrons. The van der Waals surface area contributed by atoms with E-state index in [1.807, 2.05) is 0 Å². The molecule has 2 aromatic rings. The van der Waals surface area contributed by atoms with Crippen LogP contribution in [0.5, 0.6) is 17.2 Å². The summed E-state index contributed by atoms with van der Waals surface area (Å²) < 4.78 is 33.8. The first kappa shape index (κ1) is 17.7. The molecule has 0 atom stereocenters. The van der Waals surface area contributed by atoms with Gasteiger partial charge in [-0.15, -0.1) is 0 Å². The van der Waals surface area contributed by atoms with Crippen molar-refractivity contribution in [3.63, 3.8) is 0 Å². The van der Waals surface area contributed by atoms with Crippen LogP contribution in [-0.2, 0) is 0 Å². The van der Waals surface area contributed by atoms with Crippen molar-refractivity contribution in [3.8, 4) is 17.2 Å². The van der Waals surface area contributed by atoms with Gasteiger partial charge in [-0.2, -0.15) is 8.78 Å². The third-order valence-electron chi connectivity index (χ3n) is 3.06. The SMILES string of the molecule is COc1cc(C(=O)C=Cc2ccc(O)c(Cl)c2)ccc1OC(F)F. The number of methoxy groups -OCH3 is 1. The molecule has 4 nitrogen and oxygen atoms in total. The number of ether oxygens (including phenoxy) is 2. The Kier molecular flexibility index (Phi) is 5.76. The average Bonchev–Trinajstić information content (AvgIpc) is 2.55. The van der Waals surface area contributed by atoms with E-state index in [0.29, 0.717) is 5.56 Å². The van der Waals surface area contributed by atoms with Crippen LogP contribution in [-0.4, -0.2) is 24.6 Å². The molecule has 1 N–H and O–H groups in total. The summed E-state index contributed by atoms with van der Waals surface area (Å²) in [6.45, 7) is -2.99. The molecule has 0 aliphatic heterocycles. The van der Waals surface area contributed by atoms with Crippen LogP contribution in [0.2, 0.25) is 5.02 Å². The van der Waals surface area contributed by atoms with Gasteiger partial charge in [0.1, 0.15) is 5.75 Å². The molecule has 0 saturated heterocycles. The summed E-state index contributed by atoms with van der Waals surface area (Å²) in [5.74, 6) is -0.541. The number of halogens is 3. The molecule has 0 radical (unpaired) electrons. The zero-order valence-electron chi connectivity index (χ0n) is 12.5. The Morgan fingerprint density at radius 3 is 2.58 bits per heavy atom. The van der Waals surface area contributed by atoms with Gasteiger partial charge in [0.25, 0.3) is 0 Å². The first-order valence-corrected chi connectivity index (χ1v) is 7.12. The van der Waals surface area contributed by atoms with Gasteiger partial charge in [-0.25, -0.2) is 0 Å². The maximum Gasteiger partial charge on any atom is 0.387 e. The molecule has 0 spiro atoms. The van der Waals surface area contributed by atoms with Gasteiger partial charge in [-0.3, -0.25) is 4.79 Å². The highest BCUT2D eigenvalue weighted by atomic mass is 35.5. The van der Waals surface area contributed by atoms with Gasteiger partial charge >= 0.3 is 6.61 Å². The predicted octanol–water partition coefficient (Wildman–Crippen LogP) is 4.55. The second kappa shape index (κ2) is 7.79. The van der Waals surface area contributed by atoms with Crippen LogP contribution in [0.4, 0.5) is 8.78 Å². The predicted molar refractivity (Wildman–Crippen MR) is 86.1 cm³/mol. The lowest BCUT2D eigenvalue weighted by Crippen LogP contribution is -2.04. The van der Waals surface area contributed by atoms with Crippen molar-refractivity contribution in [1.82, 2.24) is 0 Å². The van der Waals surface area contributed by atoms with Crippen LogP contribution in [0.1, 0.15) is 15.9 Å². The number of carbonyl (C=O) groups is 1. The van der Waals surface area contributed by atoms with Gasteiger partial charge in [0.15, 0.2) is 17.3 Å². The number of aromatic hydroxyl groups is 1. The largest absolute Gasteiger partial charge is 0.506 e. The van der Waals surface area contributed by atoms with Crippen molar-refractivity contribution in [2.24, 2.45) is 0 Å². The Morgan fingerprint density at radius 1 is 1.21 bits per heavy atom. The Morgan fingerprint density at radius 2 is 1.96 bits per heavy atom. The van der Waals surface area contributed by atoms with E-state index in [2.05, 4.69) is 4.74 Å². The number of allylic oxidation sites excluding steroid dienone is 1. The number of carbonyl (C=O) groups excluding carboxylic acids is 1. The van der Waals surface area contributed by atoms with Crippen LogP contribution in [0.3, 0.4) is 0 Å². The van der Waals surface area contributed by atoms with E-state index < -0.39 is 6.61 Å². The number of rotatable bonds is 6. The molecule has 24 heavy (non-hydrogen) atoms. The molecule has 0 saturated carbocycles. The highest BCUT2D eigenvalue weighted by Gasteiger charge is 2.13. The second-order valence-electron chi connectivity index (χ2n) is 4.65. The second-order valence-corrected chi connectivity index (χ2v) is 5.06. The molecule has 0 fully saturated rings. The average molecular weight is 355 g/mol. The molecule has 0 heterocycles. The fraction of sp³-hybridized carbons (Fsp3) is 0.118. The van der Waals surface area contributed by atoms with E-state index in [1.54, 1.807) is 6.07 Å². The molecule has 0 aliphatic carbocycles. The van der Waals surface area contributed by atoms with Crippen LogP contribution in [0.25, 0.3) is 6.08 Å². The van der Waals surface area contributed by atoms with E-state index >= 15 is 0 Å². The Bertz CT molecular complexity index is 775. The van der Waals surface area contributed by atoms with Gasteiger partial charge in [0.05, 0.1) is 12.1 Å². The van der Waals surface area contributed by atoms with Gasteiger partial charge in [-0.05, 0) is 42.0 Å². The first-order chi connectivity index (χ1) is 11.4. The van der Waals surface area contributed by atoms with Gasteiger partial charge in [0.2, 0.25) is 0 Å². The van der Waals surface area contributed by atoms with Crippen molar-refractivity contribution in [1.29, 1.82) is 0 Å². The summed E-state index contributed by atoms with van der Waals surface area (Å²) in [6, 6.07) is 8.41. The highest BCUT2D eigenvalue weighted by molar-refractivity contribution is 6.32. The fourth-order valence-corrected chi connectivity index (χ4v) is 2.10. The van der Waals surface area contributed by atoms with Crippen molar-refractivity contribution < 1.29 is 28.2 Å². The summed E-state index contributed by atoms with van der Waals surface area (Å²) in [7, 11) is 1.29. The number of benzene rings is 2. The molecule has 0 amide bonds. The number of alkyl halides is 2. The third-order valence-corrected chi connectivity index (χ3v) is 3.37. The standard InChI is InChI=1S/C17H13ClF2O4/c1-23-16-9-11(4-7-15(16)24-17(19)20)13(21)5-2-10-3-6-14(22)12(18)8-10/h2-9,17,22H,1H3. The Labute approximate surface area is 141 Å². The van der Waals surface area contributed by atoms with Crippen molar-refractivity contribution in [2.75, 3.05) is 7.11 Å². The maximum atomic E-state index is 12.3. The summed E-state index contributed by atoms with van der Waals surface area (Å²) in [5, 5.41) is 9.51. The molecule has 0 bridgehead atoms. The fourth-order valence-electron chi connectivity index (χ4n) is 1.91. The van der Waals surface area contributed by atoms with Gasteiger partial charge < -0.3 is 14.6 Å². The van der Waals surface area contributed by atoms with E-state index in [9.17, 15) is 18.7 Å². The zero-order chi connectivity index (χ0) is 17.7. The third kappa shape index (κ3) is 4.45. The lowest BCUT2D eigenvalue weighted by atomic mass is 10.1. The van der Waals surface area contributed by atoms with Crippen LogP contribution in [0, 0.1) is 0 Å². The molecule has 2 rings (SSSR count). The van der Waals surface area contributed by atoms with E-state index in [0.717, 1.165) is 0 Å². The summed E-state index contributed by atoms with van der Waals surface area (Å²) in [6.07, 6.45) is 2.81. The number of hydrogen-bond donors (Lipinski definition) is 1. The van der Waals surface area contributed by atoms with E-state index in [-0.39, 0.29) is 33.6 Å². The topological polar surface area (TPSA) is 55.8 Å². The number of hydrogen-bond acceptors (Lipinski definition) is 4. The molecular weight excluding hydrogens is 342 g/mol. The van der Waals surface area contributed by atoms with Crippen molar-refractivity contribution in [2.45, 2.75) is 6.61 Å². The van der Waals surface area contributed by atoms with Crippen LogP contribution < -0.4 is 9.47 Å². The van der Waals surface area contributed by atoms with E-state index in [4.69, 9.17) is 16.3 Å². The lowest BCUT2D eigenvalue weighted by Gasteiger charge is -2.10. The molecule has 0 aromatic heterocycles. The smallest absolute Gasteiger partial charge is 0.387 e. The molecule has 0 unspecified atom stereocenters. The zero-order valence-corrected chi connectivity index (χ0v) is 13.3. The van der Waals surface area contributed by atoms with Crippen LogP contribution >= 0.6 is 11.6 Å². The number of ketones is 1. The minimum atomic E-state index is -2.99. The highest BCUT2D eigenvalue weighted by Crippen LogP contribution is 2.30. The molecule has 2 aromatic carbocycles. The maximum absolute atomic E-state index is 12.3. The van der Waals surface area contributed by atoms with Gasteiger partial charge in [0, 0.05) is 5.56 Å². The molecule has 7 heteroatoms. The summed E-state index contributed by atoms with van der Waals surface area (Å²) in [4.78, 5) is 12.2. The Hall–Kier alpha value is -2.60. The van der Waals surface area contributed by atoms with E-state index in [1.165, 1.54) is 49.6 Å². The summed E-state index contributed by atoms with van der Waals surface area (Å²) >= 11 is 5.78. The Balaban J connectivity index is 2.19. The number of phenols is 1. The normalized spacial score (nSPS) is 11.0.